The van der Waals surface area contributed by atoms with Crippen LogP contribution in [0.5, 0.6) is 0 Å². The minimum atomic E-state index is -3.61. The second kappa shape index (κ2) is 6.22. The van der Waals surface area contributed by atoms with Crippen LogP contribution in [0.4, 0.5) is 0 Å². The van der Waals surface area contributed by atoms with Crippen molar-refractivity contribution in [3.8, 4) is 0 Å². The highest BCUT2D eigenvalue weighted by molar-refractivity contribution is 7.89. The van der Waals surface area contributed by atoms with Crippen LogP contribution in [0.25, 0.3) is 0 Å². The summed E-state index contributed by atoms with van der Waals surface area (Å²) in [7, 11) is -3.61. The van der Waals surface area contributed by atoms with Crippen molar-refractivity contribution in [1.82, 2.24) is 4.72 Å². The molecule has 1 aromatic carbocycles. The molecular formula is C14H18ClNO4S. The van der Waals surface area contributed by atoms with Crippen LogP contribution in [-0.4, -0.2) is 39.9 Å². The van der Waals surface area contributed by atoms with Crippen molar-refractivity contribution < 1.29 is 17.9 Å². The van der Waals surface area contributed by atoms with E-state index in [-0.39, 0.29) is 28.2 Å². The topological polar surface area (TPSA) is 64.6 Å². The van der Waals surface area contributed by atoms with Crippen molar-refractivity contribution in [2.75, 3.05) is 13.2 Å². The molecule has 0 aromatic heterocycles. The largest absolute Gasteiger partial charge is 0.373 e. The molecule has 0 radical (unpaired) electrons. The van der Waals surface area contributed by atoms with Crippen LogP contribution < -0.4 is 4.72 Å². The third-order valence-corrected chi connectivity index (χ3v) is 5.95. The van der Waals surface area contributed by atoms with Gasteiger partial charge in [0.1, 0.15) is 4.90 Å². The zero-order chi connectivity index (χ0) is 14.9. The molecule has 1 heterocycles. The molecular weight excluding hydrogens is 314 g/mol. The van der Waals surface area contributed by atoms with Gasteiger partial charge in [0.2, 0.25) is 10.0 Å². The second-order valence-electron chi connectivity index (χ2n) is 5.38. The fourth-order valence-corrected chi connectivity index (χ4v) is 4.72. The van der Waals surface area contributed by atoms with Gasteiger partial charge in [0.25, 0.3) is 0 Å². The smallest absolute Gasteiger partial charge is 0.242 e. The summed E-state index contributed by atoms with van der Waals surface area (Å²) in [6, 6.07) is 6.31. The van der Waals surface area contributed by atoms with E-state index in [4.69, 9.17) is 21.1 Å². The van der Waals surface area contributed by atoms with Gasteiger partial charge in [-0.3, -0.25) is 0 Å². The molecule has 2 aliphatic rings. The number of hydrogen-bond donors (Lipinski definition) is 1. The van der Waals surface area contributed by atoms with Crippen molar-refractivity contribution >= 4 is 21.6 Å². The summed E-state index contributed by atoms with van der Waals surface area (Å²) in [6.07, 6.45) is 2.26. The Kier molecular flexibility index (Phi) is 4.51. The highest BCUT2D eigenvalue weighted by Gasteiger charge is 2.36. The number of sulfonamides is 1. The van der Waals surface area contributed by atoms with Crippen LogP contribution in [-0.2, 0) is 19.5 Å². The Morgan fingerprint density at radius 2 is 1.81 bits per heavy atom. The van der Waals surface area contributed by atoms with Gasteiger partial charge in [-0.25, -0.2) is 13.1 Å². The molecule has 3 rings (SSSR count). The lowest BCUT2D eigenvalue weighted by atomic mass is 9.90. The van der Waals surface area contributed by atoms with Gasteiger partial charge in [0.05, 0.1) is 30.4 Å². The van der Waals surface area contributed by atoms with E-state index >= 15 is 0 Å². The fraction of sp³-hybridized carbons (Fsp3) is 0.571. The average Bonchev–Trinajstić information content (AvgIpc) is 2.47. The van der Waals surface area contributed by atoms with E-state index in [0.717, 1.165) is 12.8 Å². The summed E-state index contributed by atoms with van der Waals surface area (Å²) in [5.41, 5.74) is 0. The van der Waals surface area contributed by atoms with E-state index in [2.05, 4.69) is 4.72 Å². The molecule has 0 bridgehead atoms. The lowest BCUT2D eigenvalue weighted by Gasteiger charge is -2.38. The van der Waals surface area contributed by atoms with E-state index in [1.165, 1.54) is 6.07 Å². The highest BCUT2D eigenvalue weighted by Crippen LogP contribution is 2.28. The molecule has 1 N–H and O–H groups in total. The van der Waals surface area contributed by atoms with Crippen molar-refractivity contribution in [1.29, 1.82) is 0 Å². The Morgan fingerprint density at radius 3 is 2.57 bits per heavy atom. The van der Waals surface area contributed by atoms with Crippen LogP contribution in [0.2, 0.25) is 5.02 Å². The fourth-order valence-electron chi connectivity index (χ4n) is 2.92. The summed E-state index contributed by atoms with van der Waals surface area (Å²) in [5.74, 6) is 0. The van der Waals surface area contributed by atoms with Crippen LogP contribution in [0.1, 0.15) is 19.3 Å². The summed E-state index contributed by atoms with van der Waals surface area (Å²) in [5, 5.41) is 0.232. The van der Waals surface area contributed by atoms with E-state index < -0.39 is 10.0 Å². The van der Waals surface area contributed by atoms with Crippen molar-refractivity contribution in [2.45, 2.75) is 42.4 Å². The van der Waals surface area contributed by atoms with Gasteiger partial charge in [-0.15, -0.1) is 0 Å². The predicted molar refractivity (Wildman–Crippen MR) is 78.9 cm³/mol. The van der Waals surface area contributed by atoms with Crippen molar-refractivity contribution in [3.63, 3.8) is 0 Å². The minimum Gasteiger partial charge on any atom is -0.373 e. The summed E-state index contributed by atoms with van der Waals surface area (Å²) in [4.78, 5) is 0.120. The summed E-state index contributed by atoms with van der Waals surface area (Å²) < 4.78 is 38.9. The maximum atomic E-state index is 12.4. The minimum absolute atomic E-state index is 0.0218. The van der Waals surface area contributed by atoms with Crippen LogP contribution in [0.15, 0.2) is 29.2 Å². The van der Waals surface area contributed by atoms with Gasteiger partial charge < -0.3 is 9.47 Å². The van der Waals surface area contributed by atoms with Crippen molar-refractivity contribution in [3.05, 3.63) is 29.3 Å². The van der Waals surface area contributed by atoms with E-state index in [1.807, 2.05) is 0 Å². The molecule has 3 atom stereocenters. The van der Waals surface area contributed by atoms with Crippen molar-refractivity contribution in [2.24, 2.45) is 0 Å². The van der Waals surface area contributed by atoms with E-state index in [1.54, 1.807) is 18.2 Å². The molecule has 116 valence electrons. The third kappa shape index (κ3) is 3.40. The summed E-state index contributed by atoms with van der Waals surface area (Å²) >= 11 is 5.97. The first-order chi connectivity index (χ1) is 10.1. The maximum absolute atomic E-state index is 12.4. The van der Waals surface area contributed by atoms with Crippen LogP contribution in [0.3, 0.4) is 0 Å². The Morgan fingerprint density at radius 1 is 1.10 bits per heavy atom. The van der Waals surface area contributed by atoms with Gasteiger partial charge in [-0.2, -0.15) is 0 Å². The van der Waals surface area contributed by atoms with E-state index in [0.29, 0.717) is 19.6 Å². The lowest BCUT2D eigenvalue weighted by Crippen LogP contribution is -2.49. The third-order valence-electron chi connectivity index (χ3n) is 3.93. The average molecular weight is 332 g/mol. The van der Waals surface area contributed by atoms with Gasteiger partial charge >= 0.3 is 0 Å². The van der Waals surface area contributed by atoms with E-state index in [9.17, 15) is 8.42 Å². The Hall–Kier alpha value is -0.660. The molecule has 1 aliphatic carbocycles. The molecule has 1 aromatic rings. The molecule has 1 aliphatic heterocycles. The number of ether oxygens (including phenoxy) is 2. The Labute approximate surface area is 129 Å². The lowest BCUT2D eigenvalue weighted by molar-refractivity contribution is -0.156. The second-order valence-corrected chi connectivity index (χ2v) is 7.47. The maximum Gasteiger partial charge on any atom is 0.242 e. The normalized spacial score (nSPS) is 29.9. The molecule has 7 heteroatoms. The summed E-state index contributed by atoms with van der Waals surface area (Å²) in [6.45, 7) is 1.20. The number of nitrogens with one attached hydrogen (secondary N) is 1. The predicted octanol–water partition coefficient (Wildman–Crippen LogP) is 1.95. The van der Waals surface area contributed by atoms with Gasteiger partial charge in [0.15, 0.2) is 0 Å². The molecule has 5 nitrogen and oxygen atoms in total. The number of benzene rings is 1. The van der Waals surface area contributed by atoms with Gasteiger partial charge in [-0.1, -0.05) is 23.7 Å². The molecule has 2 fully saturated rings. The Balaban J connectivity index is 1.70. The quantitative estimate of drug-likeness (QED) is 0.919. The zero-order valence-corrected chi connectivity index (χ0v) is 13.1. The molecule has 1 saturated heterocycles. The van der Waals surface area contributed by atoms with Gasteiger partial charge in [-0.05, 0) is 31.4 Å². The Bertz CT molecular complexity index is 607. The number of fused-ring (bicyclic) bond motifs is 1. The van der Waals surface area contributed by atoms with Gasteiger partial charge in [0, 0.05) is 6.04 Å². The standard InChI is InChI=1S/C14H18ClNO4S/c15-11-3-1-2-4-14(11)21(17,18)16-10-5-6-12-13(9-10)20-8-7-19-12/h1-4,10,12-13,16H,5-9H2/t10-,12-,13+/m1/s1. The first kappa shape index (κ1) is 15.2. The molecule has 0 amide bonds. The number of halogens is 1. The number of rotatable bonds is 3. The molecule has 1 saturated carbocycles. The highest BCUT2D eigenvalue weighted by atomic mass is 35.5. The van der Waals surface area contributed by atoms with Crippen LogP contribution in [0, 0.1) is 0 Å². The molecule has 0 spiro atoms. The molecule has 0 unspecified atom stereocenters. The number of hydrogen-bond acceptors (Lipinski definition) is 4. The monoisotopic (exact) mass is 331 g/mol. The zero-order valence-electron chi connectivity index (χ0n) is 11.5. The SMILES string of the molecule is O=S(=O)(N[C@@H]1CC[C@H]2OCCO[C@H]2C1)c1ccccc1Cl. The van der Waals surface area contributed by atoms with Crippen LogP contribution >= 0.6 is 11.6 Å². The first-order valence-electron chi connectivity index (χ1n) is 7.06. The first-order valence-corrected chi connectivity index (χ1v) is 8.92. The molecule has 21 heavy (non-hydrogen) atoms.